The third kappa shape index (κ3) is 5.06. The summed E-state index contributed by atoms with van der Waals surface area (Å²) in [5.74, 6) is 5.93. The van der Waals surface area contributed by atoms with Crippen molar-refractivity contribution in [3.63, 3.8) is 0 Å². The van der Waals surface area contributed by atoms with Crippen molar-refractivity contribution >= 4 is 6.02 Å². The lowest BCUT2D eigenvalue weighted by Gasteiger charge is -2.33. The van der Waals surface area contributed by atoms with Gasteiger partial charge in [0.1, 0.15) is 0 Å². The monoisotopic (exact) mass is 224 g/mol. The van der Waals surface area contributed by atoms with E-state index in [1.165, 1.54) is 0 Å². The van der Waals surface area contributed by atoms with Gasteiger partial charge in [0.15, 0.2) is 0 Å². The number of hydrogen-bond donors (Lipinski definition) is 1. The van der Waals surface area contributed by atoms with Crippen LogP contribution >= 0.6 is 0 Å². The molecule has 0 aliphatic carbocycles. The van der Waals surface area contributed by atoms with Gasteiger partial charge in [0.2, 0.25) is 0 Å². The highest BCUT2D eigenvalue weighted by Crippen LogP contribution is 2.16. The van der Waals surface area contributed by atoms with Crippen LogP contribution in [0.5, 0.6) is 0 Å². The standard InChI is InChI=1S/C13H24N2O/c1-8-9-13(5,6)15(7)11(14)16-10-12(2,3)4/h14H,10H2,1-7H3. The van der Waals surface area contributed by atoms with Gasteiger partial charge in [-0.3, -0.25) is 5.41 Å². The molecule has 0 spiro atoms. The van der Waals surface area contributed by atoms with Gasteiger partial charge < -0.3 is 9.64 Å². The number of hydrogen-bond acceptors (Lipinski definition) is 2. The van der Waals surface area contributed by atoms with E-state index in [0.29, 0.717) is 6.61 Å². The molecular formula is C13H24N2O. The molecule has 3 heteroatoms. The molecule has 0 aliphatic heterocycles. The van der Waals surface area contributed by atoms with E-state index in [-0.39, 0.29) is 17.0 Å². The summed E-state index contributed by atoms with van der Waals surface area (Å²) in [7, 11) is 1.83. The minimum Gasteiger partial charge on any atom is -0.465 e. The Balaban J connectivity index is 4.44. The first kappa shape index (κ1) is 14.8. The molecule has 0 rings (SSSR count). The molecule has 0 amide bonds. The van der Waals surface area contributed by atoms with Gasteiger partial charge in [0.05, 0.1) is 12.1 Å². The van der Waals surface area contributed by atoms with E-state index < -0.39 is 0 Å². The van der Waals surface area contributed by atoms with Crippen LogP contribution in [0.25, 0.3) is 0 Å². The molecule has 92 valence electrons. The Morgan fingerprint density at radius 1 is 1.25 bits per heavy atom. The molecule has 0 aromatic rings. The summed E-state index contributed by atoms with van der Waals surface area (Å²) in [6.07, 6.45) is 0. The Morgan fingerprint density at radius 3 is 2.12 bits per heavy atom. The normalized spacial score (nSPS) is 11.4. The molecule has 0 aromatic carbocycles. The number of rotatable bonds is 2. The quantitative estimate of drug-likeness (QED) is 0.445. The molecule has 0 unspecified atom stereocenters. The van der Waals surface area contributed by atoms with E-state index in [2.05, 4.69) is 32.6 Å². The molecule has 0 heterocycles. The lowest BCUT2D eigenvalue weighted by Crippen LogP contribution is -2.45. The van der Waals surface area contributed by atoms with E-state index in [1.807, 2.05) is 20.9 Å². The lowest BCUT2D eigenvalue weighted by molar-refractivity contribution is 0.140. The van der Waals surface area contributed by atoms with Gasteiger partial charge in [-0.1, -0.05) is 26.7 Å². The Labute approximate surface area is 99.7 Å². The highest BCUT2D eigenvalue weighted by molar-refractivity contribution is 5.71. The number of amidine groups is 1. The van der Waals surface area contributed by atoms with Crippen LogP contribution in [0.1, 0.15) is 41.5 Å². The predicted octanol–water partition coefficient (Wildman–Crippen LogP) is 2.72. The number of nitrogens with zero attached hydrogens (tertiary/aromatic N) is 1. The molecule has 0 bridgehead atoms. The van der Waals surface area contributed by atoms with Crippen molar-refractivity contribution in [1.29, 1.82) is 5.41 Å². The molecule has 3 nitrogen and oxygen atoms in total. The van der Waals surface area contributed by atoms with E-state index in [1.54, 1.807) is 11.8 Å². The molecule has 0 saturated heterocycles. The zero-order valence-corrected chi connectivity index (χ0v) is 11.6. The van der Waals surface area contributed by atoms with Crippen molar-refractivity contribution in [3.05, 3.63) is 0 Å². The van der Waals surface area contributed by atoms with E-state index in [4.69, 9.17) is 10.1 Å². The van der Waals surface area contributed by atoms with E-state index in [0.717, 1.165) is 0 Å². The highest BCUT2D eigenvalue weighted by Gasteiger charge is 2.25. The second kappa shape index (κ2) is 5.25. The van der Waals surface area contributed by atoms with Crippen molar-refractivity contribution in [2.24, 2.45) is 5.41 Å². The van der Waals surface area contributed by atoms with Crippen molar-refractivity contribution in [2.75, 3.05) is 13.7 Å². The minimum absolute atomic E-state index is 0.0632. The summed E-state index contributed by atoms with van der Waals surface area (Å²) < 4.78 is 5.44. The summed E-state index contributed by atoms with van der Waals surface area (Å²) >= 11 is 0. The summed E-state index contributed by atoms with van der Waals surface area (Å²) in [4.78, 5) is 1.75. The van der Waals surface area contributed by atoms with Crippen LogP contribution in [-0.4, -0.2) is 30.1 Å². The summed E-state index contributed by atoms with van der Waals surface area (Å²) in [5, 5.41) is 7.84. The minimum atomic E-state index is -0.371. The highest BCUT2D eigenvalue weighted by atomic mass is 16.5. The molecule has 0 aromatic heterocycles. The molecule has 0 radical (unpaired) electrons. The van der Waals surface area contributed by atoms with Crippen molar-refractivity contribution < 1.29 is 4.74 Å². The van der Waals surface area contributed by atoms with Crippen molar-refractivity contribution in [1.82, 2.24) is 4.90 Å². The Bertz CT molecular complexity index is 302. The van der Waals surface area contributed by atoms with Crippen LogP contribution in [0.15, 0.2) is 0 Å². The average molecular weight is 224 g/mol. The predicted molar refractivity (Wildman–Crippen MR) is 68.4 cm³/mol. The van der Waals surface area contributed by atoms with Gasteiger partial charge in [-0.2, -0.15) is 0 Å². The van der Waals surface area contributed by atoms with Gasteiger partial charge in [0.25, 0.3) is 6.02 Å². The zero-order valence-electron chi connectivity index (χ0n) is 11.6. The van der Waals surface area contributed by atoms with Crippen LogP contribution in [0.2, 0.25) is 0 Å². The van der Waals surface area contributed by atoms with Crippen molar-refractivity contribution in [2.45, 2.75) is 47.1 Å². The van der Waals surface area contributed by atoms with Crippen LogP contribution < -0.4 is 0 Å². The van der Waals surface area contributed by atoms with Crippen molar-refractivity contribution in [3.8, 4) is 11.8 Å². The van der Waals surface area contributed by atoms with Gasteiger partial charge in [-0.25, -0.2) is 0 Å². The van der Waals surface area contributed by atoms with Gasteiger partial charge in [-0.15, -0.1) is 5.92 Å². The molecule has 0 aliphatic rings. The fraction of sp³-hybridized carbons (Fsp3) is 0.769. The number of nitrogens with one attached hydrogen (secondary N) is 1. The summed E-state index contributed by atoms with van der Waals surface area (Å²) in [6, 6.07) is 0.169. The van der Waals surface area contributed by atoms with Gasteiger partial charge in [0, 0.05) is 7.05 Å². The third-order valence-corrected chi connectivity index (χ3v) is 2.22. The van der Waals surface area contributed by atoms with E-state index >= 15 is 0 Å². The second-order valence-corrected chi connectivity index (χ2v) is 5.65. The molecule has 0 saturated carbocycles. The average Bonchev–Trinajstić information content (AvgIpc) is 2.11. The molecular weight excluding hydrogens is 200 g/mol. The van der Waals surface area contributed by atoms with Gasteiger partial charge >= 0.3 is 0 Å². The maximum atomic E-state index is 7.84. The Hall–Kier alpha value is -1.17. The second-order valence-electron chi connectivity index (χ2n) is 5.65. The van der Waals surface area contributed by atoms with Crippen LogP contribution in [0, 0.1) is 22.7 Å². The Kier molecular flexibility index (Phi) is 4.86. The van der Waals surface area contributed by atoms with Crippen LogP contribution in [-0.2, 0) is 4.74 Å². The topological polar surface area (TPSA) is 36.3 Å². The first-order chi connectivity index (χ1) is 7.10. The lowest BCUT2D eigenvalue weighted by atomic mass is 9.99. The number of ether oxygens (including phenoxy) is 1. The molecule has 0 atom stereocenters. The van der Waals surface area contributed by atoms with Crippen LogP contribution in [0.4, 0.5) is 0 Å². The summed E-state index contributed by atoms with van der Waals surface area (Å²) in [6.45, 7) is 12.5. The fourth-order valence-corrected chi connectivity index (χ4v) is 1.03. The first-order valence-electron chi connectivity index (χ1n) is 5.49. The van der Waals surface area contributed by atoms with E-state index in [9.17, 15) is 0 Å². The fourth-order valence-electron chi connectivity index (χ4n) is 1.03. The van der Waals surface area contributed by atoms with Gasteiger partial charge in [-0.05, 0) is 26.2 Å². The first-order valence-corrected chi connectivity index (χ1v) is 5.49. The van der Waals surface area contributed by atoms with Crippen LogP contribution in [0.3, 0.4) is 0 Å². The SMILES string of the molecule is CC#CC(C)(C)N(C)C(=N)OCC(C)(C)C. The molecule has 1 N–H and O–H groups in total. The third-order valence-electron chi connectivity index (χ3n) is 2.22. The maximum Gasteiger partial charge on any atom is 0.285 e. The maximum absolute atomic E-state index is 7.84. The Morgan fingerprint density at radius 2 is 1.75 bits per heavy atom. The smallest absolute Gasteiger partial charge is 0.285 e. The molecule has 0 fully saturated rings. The largest absolute Gasteiger partial charge is 0.465 e. The summed E-state index contributed by atoms with van der Waals surface area (Å²) in [5.41, 5.74) is -0.308. The zero-order chi connectivity index (χ0) is 13.0. The molecule has 16 heavy (non-hydrogen) atoms.